The number of carbonyl (C=O) groups excluding carboxylic acids is 1. The minimum Gasteiger partial charge on any atom is -0.304 e. The standard InChI is InChI=1S/C19H21N7O3/c1-24-17(14(8-20)9-21-24)22-18(27)16-15(26(28)29)10-25(23-16)19-5-11-2-12(6-19)4-13(3-11)7-19/h9-13H,2-7H2,1H3,(H,22,27). The summed E-state index contributed by atoms with van der Waals surface area (Å²) in [7, 11) is 1.58. The van der Waals surface area contributed by atoms with Crippen molar-refractivity contribution in [1.82, 2.24) is 19.6 Å². The van der Waals surface area contributed by atoms with Crippen molar-refractivity contribution in [3.8, 4) is 6.07 Å². The van der Waals surface area contributed by atoms with Gasteiger partial charge in [0.15, 0.2) is 0 Å². The molecule has 1 N–H and O–H groups in total. The van der Waals surface area contributed by atoms with Gasteiger partial charge in [-0.3, -0.25) is 24.3 Å². The molecule has 0 aliphatic heterocycles. The van der Waals surface area contributed by atoms with Crippen molar-refractivity contribution in [3.63, 3.8) is 0 Å². The van der Waals surface area contributed by atoms with E-state index in [1.165, 1.54) is 36.3 Å². The number of nitro groups is 1. The van der Waals surface area contributed by atoms with Crippen LogP contribution in [0.1, 0.15) is 54.6 Å². The molecule has 10 nitrogen and oxygen atoms in total. The Kier molecular flexibility index (Phi) is 3.78. The van der Waals surface area contributed by atoms with Gasteiger partial charge < -0.3 is 5.32 Å². The van der Waals surface area contributed by atoms with Gasteiger partial charge in [0.05, 0.1) is 16.7 Å². The van der Waals surface area contributed by atoms with Gasteiger partial charge in [-0.25, -0.2) is 0 Å². The highest BCUT2D eigenvalue weighted by Gasteiger charge is 2.53. The molecule has 0 saturated heterocycles. The number of nitrogens with zero attached hydrogens (tertiary/aromatic N) is 6. The molecule has 10 heteroatoms. The predicted molar refractivity (Wildman–Crippen MR) is 101 cm³/mol. The van der Waals surface area contributed by atoms with Crippen molar-refractivity contribution in [2.45, 2.75) is 44.1 Å². The summed E-state index contributed by atoms with van der Waals surface area (Å²) in [5, 5.41) is 31.8. The summed E-state index contributed by atoms with van der Waals surface area (Å²) in [5.41, 5.74) is -0.568. The molecule has 0 atom stereocenters. The number of amides is 1. The molecule has 4 aliphatic carbocycles. The lowest BCUT2D eigenvalue weighted by Gasteiger charge is -2.56. The molecular formula is C19H21N7O3. The topological polar surface area (TPSA) is 132 Å². The number of hydrogen-bond acceptors (Lipinski definition) is 6. The van der Waals surface area contributed by atoms with E-state index in [0.717, 1.165) is 19.3 Å². The third-order valence-electron chi connectivity index (χ3n) is 6.89. The van der Waals surface area contributed by atoms with Gasteiger partial charge in [-0.05, 0) is 56.3 Å². The van der Waals surface area contributed by atoms with Crippen molar-refractivity contribution >= 4 is 17.4 Å². The molecule has 4 aliphatic rings. The second-order valence-corrected chi connectivity index (χ2v) is 8.80. The summed E-state index contributed by atoms with van der Waals surface area (Å²) in [6, 6.07) is 1.95. The SMILES string of the molecule is Cn1ncc(C#N)c1NC(=O)c1nn(C23CC4CC(CC(C4)C2)C3)cc1[N+](=O)[O-]. The fraction of sp³-hybridized carbons (Fsp3) is 0.579. The van der Waals surface area contributed by atoms with E-state index in [-0.39, 0.29) is 28.3 Å². The molecule has 1 amide bonds. The summed E-state index contributed by atoms with van der Waals surface area (Å²) in [4.78, 5) is 24.0. The Morgan fingerprint density at radius 1 is 1.31 bits per heavy atom. The molecular weight excluding hydrogens is 374 g/mol. The van der Waals surface area contributed by atoms with Crippen LogP contribution in [0.2, 0.25) is 0 Å². The highest BCUT2D eigenvalue weighted by atomic mass is 16.6. The molecule has 0 aromatic carbocycles. The zero-order valence-electron chi connectivity index (χ0n) is 16.0. The average molecular weight is 395 g/mol. The lowest BCUT2D eigenvalue weighted by atomic mass is 9.53. The van der Waals surface area contributed by atoms with Crippen LogP contribution in [0.25, 0.3) is 0 Å². The molecule has 4 bridgehead atoms. The lowest BCUT2D eigenvalue weighted by molar-refractivity contribution is -0.385. The Morgan fingerprint density at radius 2 is 1.93 bits per heavy atom. The molecule has 2 heterocycles. The fourth-order valence-electron chi connectivity index (χ4n) is 6.08. The highest BCUT2D eigenvalue weighted by molar-refractivity contribution is 6.05. The minimum absolute atomic E-state index is 0.184. The number of hydrogen-bond donors (Lipinski definition) is 1. The van der Waals surface area contributed by atoms with Crippen molar-refractivity contribution in [2.75, 3.05) is 5.32 Å². The summed E-state index contributed by atoms with van der Waals surface area (Å²) in [6.45, 7) is 0. The van der Waals surface area contributed by atoms with Crippen LogP contribution < -0.4 is 5.32 Å². The third-order valence-corrected chi connectivity index (χ3v) is 6.89. The first-order valence-corrected chi connectivity index (χ1v) is 9.86. The number of aromatic nitrogens is 4. The number of nitriles is 1. The van der Waals surface area contributed by atoms with Gasteiger partial charge in [-0.15, -0.1) is 0 Å². The van der Waals surface area contributed by atoms with Crippen LogP contribution in [0.3, 0.4) is 0 Å². The van der Waals surface area contributed by atoms with Crippen LogP contribution >= 0.6 is 0 Å². The van der Waals surface area contributed by atoms with Gasteiger partial charge in [-0.1, -0.05) is 0 Å². The first kappa shape index (κ1) is 17.8. The van der Waals surface area contributed by atoms with E-state index < -0.39 is 10.8 Å². The van der Waals surface area contributed by atoms with Crippen LogP contribution in [0.4, 0.5) is 11.5 Å². The van der Waals surface area contributed by atoms with E-state index in [9.17, 15) is 20.2 Å². The maximum atomic E-state index is 12.9. The van der Waals surface area contributed by atoms with Gasteiger partial charge in [0.2, 0.25) is 5.69 Å². The third kappa shape index (κ3) is 2.72. The summed E-state index contributed by atoms with van der Waals surface area (Å²) < 4.78 is 3.05. The number of aryl methyl sites for hydroxylation is 1. The molecule has 4 fully saturated rings. The summed E-state index contributed by atoms with van der Waals surface area (Å²) >= 11 is 0. The maximum absolute atomic E-state index is 12.9. The Hall–Kier alpha value is -3.22. The Bertz CT molecular complexity index is 1030. The Balaban J connectivity index is 1.51. The maximum Gasteiger partial charge on any atom is 0.320 e. The summed E-state index contributed by atoms with van der Waals surface area (Å²) in [6.07, 6.45) is 9.40. The van der Waals surface area contributed by atoms with Crippen LogP contribution in [0.5, 0.6) is 0 Å². The van der Waals surface area contributed by atoms with E-state index in [1.54, 1.807) is 11.7 Å². The first-order valence-electron chi connectivity index (χ1n) is 9.86. The van der Waals surface area contributed by atoms with E-state index >= 15 is 0 Å². The molecule has 0 spiro atoms. The van der Waals surface area contributed by atoms with Crippen molar-refractivity contribution in [1.29, 1.82) is 5.26 Å². The average Bonchev–Trinajstić information content (AvgIpc) is 3.26. The van der Waals surface area contributed by atoms with Gasteiger partial charge in [0.25, 0.3) is 5.91 Å². The Morgan fingerprint density at radius 3 is 2.48 bits per heavy atom. The Labute approximate surface area is 166 Å². The molecule has 6 rings (SSSR count). The molecule has 0 unspecified atom stereocenters. The predicted octanol–water partition coefficient (Wildman–Crippen LogP) is 2.57. The van der Waals surface area contributed by atoms with Gasteiger partial charge in [0.1, 0.15) is 23.6 Å². The largest absolute Gasteiger partial charge is 0.320 e. The molecule has 4 saturated carbocycles. The van der Waals surface area contributed by atoms with E-state index in [1.807, 2.05) is 6.07 Å². The normalized spacial score (nSPS) is 29.6. The number of carbonyl (C=O) groups is 1. The molecule has 29 heavy (non-hydrogen) atoms. The van der Waals surface area contributed by atoms with E-state index in [2.05, 4.69) is 15.5 Å². The summed E-state index contributed by atoms with van der Waals surface area (Å²) in [5.74, 6) is 1.43. The highest BCUT2D eigenvalue weighted by Crippen LogP contribution is 2.58. The van der Waals surface area contributed by atoms with Gasteiger partial charge in [0, 0.05) is 7.05 Å². The van der Waals surface area contributed by atoms with E-state index in [0.29, 0.717) is 17.8 Å². The van der Waals surface area contributed by atoms with Crippen LogP contribution in [-0.4, -0.2) is 30.4 Å². The quantitative estimate of drug-likeness (QED) is 0.625. The second kappa shape index (κ2) is 6.14. The van der Waals surface area contributed by atoms with Crippen molar-refractivity contribution < 1.29 is 9.72 Å². The number of anilines is 1. The van der Waals surface area contributed by atoms with E-state index in [4.69, 9.17) is 0 Å². The monoisotopic (exact) mass is 395 g/mol. The van der Waals surface area contributed by atoms with Crippen molar-refractivity contribution in [2.24, 2.45) is 24.8 Å². The molecule has 0 radical (unpaired) electrons. The molecule has 2 aromatic rings. The van der Waals surface area contributed by atoms with Crippen LogP contribution in [-0.2, 0) is 12.6 Å². The molecule has 2 aromatic heterocycles. The number of rotatable bonds is 4. The van der Waals surface area contributed by atoms with Crippen LogP contribution in [0, 0.1) is 39.2 Å². The smallest absolute Gasteiger partial charge is 0.304 e. The fourth-order valence-corrected chi connectivity index (χ4v) is 6.08. The zero-order valence-corrected chi connectivity index (χ0v) is 16.0. The molecule has 150 valence electrons. The van der Waals surface area contributed by atoms with Crippen LogP contribution in [0.15, 0.2) is 12.4 Å². The van der Waals surface area contributed by atoms with Crippen molar-refractivity contribution in [3.05, 3.63) is 33.8 Å². The number of nitrogens with one attached hydrogen (secondary N) is 1. The zero-order chi connectivity index (χ0) is 20.3. The van der Waals surface area contributed by atoms with Gasteiger partial charge >= 0.3 is 5.69 Å². The minimum atomic E-state index is -0.708. The first-order chi connectivity index (χ1) is 13.9. The van der Waals surface area contributed by atoms with Gasteiger partial charge in [-0.2, -0.15) is 15.5 Å². The second-order valence-electron chi connectivity index (χ2n) is 8.80. The lowest BCUT2D eigenvalue weighted by Crippen LogP contribution is -2.52.